The SMILES string of the molecule is CN1Cc2ccccc2C(c2ccccc2)C1.Cl. The molecular weight excluding hydrogens is 242 g/mol. The summed E-state index contributed by atoms with van der Waals surface area (Å²) in [6.07, 6.45) is 0. The highest BCUT2D eigenvalue weighted by molar-refractivity contribution is 5.85. The predicted molar refractivity (Wildman–Crippen MR) is 78.3 cm³/mol. The monoisotopic (exact) mass is 259 g/mol. The predicted octanol–water partition coefficient (Wildman–Crippen LogP) is 3.69. The van der Waals surface area contributed by atoms with E-state index < -0.39 is 0 Å². The van der Waals surface area contributed by atoms with Crippen molar-refractivity contribution in [2.75, 3.05) is 13.6 Å². The van der Waals surface area contributed by atoms with Gasteiger partial charge in [0.25, 0.3) is 0 Å². The zero-order valence-electron chi connectivity index (χ0n) is 10.5. The van der Waals surface area contributed by atoms with Crippen LogP contribution in [0.2, 0.25) is 0 Å². The summed E-state index contributed by atoms with van der Waals surface area (Å²) >= 11 is 0. The van der Waals surface area contributed by atoms with E-state index in [1.165, 1.54) is 16.7 Å². The second kappa shape index (κ2) is 5.55. The van der Waals surface area contributed by atoms with Gasteiger partial charge in [0.1, 0.15) is 0 Å². The highest BCUT2D eigenvalue weighted by atomic mass is 35.5. The molecule has 0 fully saturated rings. The molecule has 1 heterocycles. The number of hydrogen-bond acceptors (Lipinski definition) is 1. The molecule has 0 aromatic heterocycles. The van der Waals surface area contributed by atoms with Crippen molar-refractivity contribution in [1.29, 1.82) is 0 Å². The molecule has 0 saturated carbocycles. The fourth-order valence-electron chi connectivity index (χ4n) is 2.75. The summed E-state index contributed by atoms with van der Waals surface area (Å²) in [4.78, 5) is 2.40. The van der Waals surface area contributed by atoms with Crippen LogP contribution >= 0.6 is 12.4 Å². The number of hydrogen-bond donors (Lipinski definition) is 0. The molecule has 0 radical (unpaired) electrons. The van der Waals surface area contributed by atoms with Crippen LogP contribution in [0.3, 0.4) is 0 Å². The van der Waals surface area contributed by atoms with Crippen molar-refractivity contribution in [3.05, 3.63) is 71.3 Å². The van der Waals surface area contributed by atoms with Gasteiger partial charge in [0.15, 0.2) is 0 Å². The molecule has 94 valence electrons. The van der Waals surface area contributed by atoms with E-state index in [4.69, 9.17) is 0 Å². The first-order chi connectivity index (χ1) is 8.34. The molecule has 0 amide bonds. The second-order valence-corrected chi connectivity index (χ2v) is 4.86. The lowest BCUT2D eigenvalue weighted by Gasteiger charge is -2.32. The van der Waals surface area contributed by atoms with Gasteiger partial charge < -0.3 is 4.90 Å². The van der Waals surface area contributed by atoms with Crippen LogP contribution in [-0.4, -0.2) is 18.5 Å². The number of rotatable bonds is 1. The number of benzene rings is 2. The first kappa shape index (κ1) is 13.1. The molecular formula is C16H18ClN. The number of likely N-dealkylation sites (N-methyl/N-ethyl adjacent to an activating group) is 1. The molecule has 1 unspecified atom stereocenters. The standard InChI is InChI=1S/C16H17N.ClH/c1-17-11-14-9-5-6-10-15(14)16(12-17)13-7-3-2-4-8-13;/h2-10,16H,11-12H2,1H3;1H. The van der Waals surface area contributed by atoms with Crippen LogP contribution in [0.5, 0.6) is 0 Å². The maximum absolute atomic E-state index is 2.40. The molecule has 0 spiro atoms. The van der Waals surface area contributed by atoms with Crippen molar-refractivity contribution in [3.8, 4) is 0 Å². The number of fused-ring (bicyclic) bond motifs is 1. The van der Waals surface area contributed by atoms with Gasteiger partial charge in [0.2, 0.25) is 0 Å². The van der Waals surface area contributed by atoms with Crippen molar-refractivity contribution >= 4 is 12.4 Å². The van der Waals surface area contributed by atoms with Gasteiger partial charge in [-0.15, -0.1) is 12.4 Å². The van der Waals surface area contributed by atoms with E-state index in [1.54, 1.807) is 0 Å². The second-order valence-electron chi connectivity index (χ2n) is 4.86. The molecule has 0 saturated heterocycles. The van der Waals surface area contributed by atoms with Crippen LogP contribution in [0.25, 0.3) is 0 Å². The quantitative estimate of drug-likeness (QED) is 0.755. The van der Waals surface area contributed by atoms with Gasteiger partial charge in [0, 0.05) is 19.0 Å². The molecule has 0 N–H and O–H groups in total. The summed E-state index contributed by atoms with van der Waals surface area (Å²) in [6, 6.07) is 19.6. The van der Waals surface area contributed by atoms with Crippen LogP contribution < -0.4 is 0 Å². The Kier molecular flexibility index (Phi) is 4.05. The minimum Gasteiger partial charge on any atom is -0.301 e. The lowest BCUT2D eigenvalue weighted by molar-refractivity contribution is 0.295. The van der Waals surface area contributed by atoms with Crippen molar-refractivity contribution in [3.63, 3.8) is 0 Å². The van der Waals surface area contributed by atoms with Crippen molar-refractivity contribution < 1.29 is 0 Å². The summed E-state index contributed by atoms with van der Waals surface area (Å²) in [5.74, 6) is 0.520. The van der Waals surface area contributed by atoms with Crippen LogP contribution in [-0.2, 0) is 6.54 Å². The lowest BCUT2D eigenvalue weighted by Crippen LogP contribution is -2.30. The summed E-state index contributed by atoms with van der Waals surface area (Å²) in [7, 11) is 2.20. The number of nitrogens with zero attached hydrogens (tertiary/aromatic N) is 1. The Morgan fingerprint density at radius 1 is 0.944 bits per heavy atom. The van der Waals surface area contributed by atoms with Crippen molar-refractivity contribution in [1.82, 2.24) is 4.90 Å². The van der Waals surface area contributed by atoms with Gasteiger partial charge in [-0.3, -0.25) is 0 Å². The zero-order valence-corrected chi connectivity index (χ0v) is 11.4. The Morgan fingerprint density at radius 2 is 1.61 bits per heavy atom. The van der Waals surface area contributed by atoms with E-state index in [-0.39, 0.29) is 12.4 Å². The van der Waals surface area contributed by atoms with E-state index >= 15 is 0 Å². The van der Waals surface area contributed by atoms with Gasteiger partial charge in [-0.25, -0.2) is 0 Å². The van der Waals surface area contributed by atoms with E-state index in [9.17, 15) is 0 Å². The molecule has 0 aliphatic carbocycles. The van der Waals surface area contributed by atoms with Crippen LogP contribution in [0.1, 0.15) is 22.6 Å². The van der Waals surface area contributed by atoms with E-state index in [1.807, 2.05) is 0 Å². The molecule has 18 heavy (non-hydrogen) atoms. The Bertz CT molecular complexity index is 510. The largest absolute Gasteiger partial charge is 0.301 e. The Balaban J connectivity index is 0.00000120. The van der Waals surface area contributed by atoms with Crippen LogP contribution in [0, 0.1) is 0 Å². The first-order valence-corrected chi connectivity index (χ1v) is 6.16. The van der Waals surface area contributed by atoms with Crippen LogP contribution in [0.4, 0.5) is 0 Å². The Hall–Kier alpha value is -1.31. The third-order valence-corrected chi connectivity index (χ3v) is 3.57. The average Bonchev–Trinajstić information content (AvgIpc) is 2.39. The van der Waals surface area contributed by atoms with Gasteiger partial charge >= 0.3 is 0 Å². The van der Waals surface area contributed by atoms with Gasteiger partial charge in [0.05, 0.1) is 0 Å². The summed E-state index contributed by atoms with van der Waals surface area (Å²) in [6.45, 7) is 2.18. The highest BCUT2D eigenvalue weighted by Crippen LogP contribution is 2.32. The zero-order chi connectivity index (χ0) is 11.7. The van der Waals surface area contributed by atoms with Gasteiger partial charge in [-0.05, 0) is 23.7 Å². The average molecular weight is 260 g/mol. The van der Waals surface area contributed by atoms with E-state index in [0.717, 1.165) is 13.1 Å². The lowest BCUT2D eigenvalue weighted by atomic mass is 9.85. The molecule has 1 aliphatic heterocycles. The fraction of sp³-hybridized carbons (Fsp3) is 0.250. The van der Waals surface area contributed by atoms with Gasteiger partial charge in [-0.2, -0.15) is 0 Å². The minimum atomic E-state index is 0. The van der Waals surface area contributed by atoms with Crippen LogP contribution in [0.15, 0.2) is 54.6 Å². The van der Waals surface area contributed by atoms with Crippen molar-refractivity contribution in [2.45, 2.75) is 12.5 Å². The normalized spacial score (nSPS) is 18.8. The summed E-state index contributed by atoms with van der Waals surface area (Å²) in [5, 5.41) is 0. The summed E-state index contributed by atoms with van der Waals surface area (Å²) in [5.41, 5.74) is 4.39. The third-order valence-electron chi connectivity index (χ3n) is 3.57. The number of halogens is 1. The van der Waals surface area contributed by atoms with E-state index in [2.05, 4.69) is 66.5 Å². The van der Waals surface area contributed by atoms with Crippen molar-refractivity contribution in [2.24, 2.45) is 0 Å². The maximum Gasteiger partial charge on any atom is 0.0234 e. The first-order valence-electron chi connectivity index (χ1n) is 6.16. The topological polar surface area (TPSA) is 3.24 Å². The summed E-state index contributed by atoms with van der Waals surface area (Å²) < 4.78 is 0. The van der Waals surface area contributed by atoms with Gasteiger partial charge in [-0.1, -0.05) is 54.6 Å². The van der Waals surface area contributed by atoms with E-state index in [0.29, 0.717) is 5.92 Å². The molecule has 2 heteroatoms. The molecule has 1 nitrogen and oxygen atoms in total. The molecule has 2 aromatic rings. The highest BCUT2D eigenvalue weighted by Gasteiger charge is 2.23. The molecule has 0 bridgehead atoms. The Labute approximate surface area is 115 Å². The minimum absolute atomic E-state index is 0. The molecule has 3 rings (SSSR count). The maximum atomic E-state index is 2.40. The molecule has 1 atom stereocenters. The smallest absolute Gasteiger partial charge is 0.0234 e. The Morgan fingerprint density at radius 3 is 2.39 bits per heavy atom. The fourth-order valence-corrected chi connectivity index (χ4v) is 2.75. The third kappa shape index (κ3) is 2.43. The molecule has 2 aromatic carbocycles. The molecule has 1 aliphatic rings.